The van der Waals surface area contributed by atoms with Gasteiger partial charge >= 0.3 is 0 Å². The Morgan fingerprint density at radius 3 is 2.33 bits per heavy atom. The van der Waals surface area contributed by atoms with Gasteiger partial charge in [0.25, 0.3) is 0 Å². The predicted molar refractivity (Wildman–Crippen MR) is 87.1 cm³/mol. The lowest BCUT2D eigenvalue weighted by atomic mass is 9.97. The second-order valence-electron chi connectivity index (χ2n) is 5.49. The van der Waals surface area contributed by atoms with Crippen LogP contribution in [0.15, 0.2) is 48.5 Å². The predicted octanol–water partition coefficient (Wildman–Crippen LogP) is 3.39. The molecule has 0 bridgehead atoms. The lowest BCUT2D eigenvalue weighted by molar-refractivity contribution is 0.558. The van der Waals surface area contributed by atoms with Gasteiger partial charge in [-0.15, -0.1) is 0 Å². The maximum atomic E-state index is 8.89. The summed E-state index contributed by atoms with van der Waals surface area (Å²) in [6, 6.07) is 18.3. The molecule has 3 nitrogen and oxygen atoms in total. The van der Waals surface area contributed by atoms with E-state index in [2.05, 4.69) is 42.2 Å². The molecule has 0 saturated heterocycles. The van der Waals surface area contributed by atoms with Gasteiger partial charge in [0.15, 0.2) is 0 Å². The van der Waals surface area contributed by atoms with E-state index in [0.29, 0.717) is 5.56 Å². The van der Waals surface area contributed by atoms with Crippen molar-refractivity contribution in [3.63, 3.8) is 0 Å². The lowest BCUT2D eigenvalue weighted by Gasteiger charge is -2.33. The van der Waals surface area contributed by atoms with Crippen molar-refractivity contribution in [3.8, 4) is 6.07 Å². The maximum absolute atomic E-state index is 8.89. The first-order valence-electron chi connectivity index (χ1n) is 7.08. The highest BCUT2D eigenvalue weighted by Gasteiger charge is 2.21. The van der Waals surface area contributed by atoms with Gasteiger partial charge in [-0.3, -0.25) is 0 Å². The highest BCUT2D eigenvalue weighted by molar-refractivity contribution is 5.51. The van der Waals surface area contributed by atoms with Crippen LogP contribution >= 0.6 is 0 Å². The molecule has 0 aliphatic rings. The largest absolute Gasteiger partial charge is 0.366 e. The van der Waals surface area contributed by atoms with Gasteiger partial charge < -0.3 is 10.6 Å². The minimum atomic E-state index is -0.00700. The summed E-state index contributed by atoms with van der Waals surface area (Å²) < 4.78 is 0. The Morgan fingerprint density at radius 2 is 1.81 bits per heavy atom. The van der Waals surface area contributed by atoms with E-state index in [0.717, 1.165) is 5.69 Å². The fraction of sp³-hybridized carbons (Fsp3) is 0.278. The zero-order valence-electron chi connectivity index (χ0n) is 12.7. The highest BCUT2D eigenvalue weighted by Crippen LogP contribution is 2.28. The molecule has 0 fully saturated rings. The molecule has 2 unspecified atom stereocenters. The summed E-state index contributed by atoms with van der Waals surface area (Å²) in [5.74, 6) is 0. The quantitative estimate of drug-likeness (QED) is 0.933. The van der Waals surface area contributed by atoms with E-state index in [1.54, 1.807) is 0 Å². The molecular weight excluding hydrogens is 258 g/mol. The number of aryl methyl sites for hydroxylation is 1. The Labute approximate surface area is 126 Å². The zero-order chi connectivity index (χ0) is 15.4. The lowest BCUT2D eigenvalue weighted by Crippen LogP contribution is -2.37. The number of nitrogens with two attached hydrogens (primary N) is 1. The molecule has 2 aromatic carbocycles. The van der Waals surface area contributed by atoms with Crippen molar-refractivity contribution in [2.24, 2.45) is 5.73 Å². The van der Waals surface area contributed by atoms with Crippen molar-refractivity contribution in [1.29, 1.82) is 5.26 Å². The van der Waals surface area contributed by atoms with Crippen molar-refractivity contribution < 1.29 is 0 Å². The van der Waals surface area contributed by atoms with Crippen LogP contribution in [0.2, 0.25) is 0 Å². The first-order valence-corrected chi connectivity index (χ1v) is 7.08. The average Bonchev–Trinajstić information content (AvgIpc) is 2.47. The van der Waals surface area contributed by atoms with Gasteiger partial charge in [0.05, 0.1) is 17.7 Å². The van der Waals surface area contributed by atoms with Crippen LogP contribution in [0, 0.1) is 18.3 Å². The van der Waals surface area contributed by atoms with Crippen LogP contribution in [0.25, 0.3) is 0 Å². The summed E-state index contributed by atoms with van der Waals surface area (Å²) in [5.41, 5.74) is 10.4. The number of hydrogen-bond donors (Lipinski definition) is 1. The summed E-state index contributed by atoms with van der Waals surface area (Å²) >= 11 is 0. The van der Waals surface area contributed by atoms with Crippen LogP contribution in [0.1, 0.15) is 29.7 Å². The molecule has 0 aliphatic carbocycles. The molecule has 2 rings (SSSR count). The van der Waals surface area contributed by atoms with E-state index in [-0.39, 0.29) is 12.1 Å². The molecule has 0 saturated carbocycles. The van der Waals surface area contributed by atoms with Gasteiger partial charge in [-0.2, -0.15) is 5.26 Å². The molecule has 2 N–H and O–H groups in total. The average molecular weight is 279 g/mol. The number of rotatable bonds is 4. The molecule has 21 heavy (non-hydrogen) atoms. The van der Waals surface area contributed by atoms with Crippen LogP contribution in [0.3, 0.4) is 0 Å². The van der Waals surface area contributed by atoms with Crippen LogP contribution in [0.5, 0.6) is 0 Å². The van der Waals surface area contributed by atoms with Gasteiger partial charge in [-0.05, 0) is 43.7 Å². The molecule has 0 amide bonds. The Balaban J connectivity index is 2.35. The van der Waals surface area contributed by atoms with E-state index in [4.69, 9.17) is 11.0 Å². The summed E-state index contributed by atoms with van der Waals surface area (Å²) in [6.45, 7) is 4.11. The fourth-order valence-electron chi connectivity index (χ4n) is 2.67. The van der Waals surface area contributed by atoms with Crippen LogP contribution in [-0.2, 0) is 0 Å². The molecule has 0 spiro atoms. The van der Waals surface area contributed by atoms with Gasteiger partial charge in [-0.25, -0.2) is 0 Å². The second-order valence-corrected chi connectivity index (χ2v) is 5.49. The van der Waals surface area contributed by atoms with E-state index in [9.17, 15) is 0 Å². The van der Waals surface area contributed by atoms with Gasteiger partial charge in [0.2, 0.25) is 0 Å². The minimum Gasteiger partial charge on any atom is -0.366 e. The number of anilines is 1. The SMILES string of the molecule is Cc1cccc(C(C(C)N)N(C)c2ccc(C#N)cc2)c1. The van der Waals surface area contributed by atoms with Crippen molar-refractivity contribution in [3.05, 3.63) is 65.2 Å². The van der Waals surface area contributed by atoms with Crippen molar-refractivity contribution in [1.82, 2.24) is 0 Å². The summed E-state index contributed by atoms with van der Waals surface area (Å²) in [5, 5.41) is 8.89. The number of nitrogens with zero attached hydrogens (tertiary/aromatic N) is 2. The van der Waals surface area contributed by atoms with Gasteiger partial charge in [0.1, 0.15) is 0 Å². The van der Waals surface area contributed by atoms with E-state index in [1.807, 2.05) is 38.2 Å². The number of benzene rings is 2. The van der Waals surface area contributed by atoms with E-state index in [1.165, 1.54) is 11.1 Å². The van der Waals surface area contributed by atoms with Gasteiger partial charge in [-0.1, -0.05) is 29.8 Å². The summed E-state index contributed by atoms with van der Waals surface area (Å²) in [7, 11) is 2.04. The molecule has 0 aliphatic heterocycles. The molecule has 0 radical (unpaired) electrons. The Kier molecular flexibility index (Phi) is 4.62. The molecule has 0 heterocycles. The smallest absolute Gasteiger partial charge is 0.0991 e. The topological polar surface area (TPSA) is 53.0 Å². The standard InChI is InChI=1S/C18H21N3/c1-13-5-4-6-16(11-13)18(14(2)20)21(3)17-9-7-15(12-19)8-10-17/h4-11,14,18H,20H2,1-3H3. The molecule has 0 aromatic heterocycles. The molecule has 108 valence electrons. The van der Waals surface area contributed by atoms with E-state index < -0.39 is 0 Å². The number of likely N-dealkylation sites (N-methyl/N-ethyl adjacent to an activating group) is 1. The van der Waals surface area contributed by atoms with Crippen LogP contribution in [-0.4, -0.2) is 13.1 Å². The molecule has 3 heteroatoms. The zero-order valence-corrected chi connectivity index (χ0v) is 12.7. The third-order valence-corrected chi connectivity index (χ3v) is 3.70. The van der Waals surface area contributed by atoms with Crippen LogP contribution in [0.4, 0.5) is 5.69 Å². The normalized spacial score (nSPS) is 13.3. The third kappa shape index (κ3) is 3.42. The minimum absolute atomic E-state index is 0.00700. The monoisotopic (exact) mass is 279 g/mol. The first-order chi connectivity index (χ1) is 10.0. The van der Waals surface area contributed by atoms with Crippen molar-refractivity contribution in [2.45, 2.75) is 25.9 Å². The fourth-order valence-corrected chi connectivity index (χ4v) is 2.67. The number of nitriles is 1. The molecular formula is C18H21N3. The molecule has 2 aromatic rings. The van der Waals surface area contributed by atoms with E-state index >= 15 is 0 Å². The second kappa shape index (κ2) is 6.43. The highest BCUT2D eigenvalue weighted by atomic mass is 15.1. The van der Waals surface area contributed by atoms with Crippen LogP contribution < -0.4 is 10.6 Å². The Bertz CT molecular complexity index is 638. The Morgan fingerprint density at radius 1 is 1.14 bits per heavy atom. The molecule has 2 atom stereocenters. The maximum Gasteiger partial charge on any atom is 0.0991 e. The third-order valence-electron chi connectivity index (χ3n) is 3.70. The number of hydrogen-bond acceptors (Lipinski definition) is 3. The van der Waals surface area contributed by atoms with Gasteiger partial charge in [0, 0.05) is 18.8 Å². The Hall–Kier alpha value is -2.31. The first kappa shape index (κ1) is 15.1. The van der Waals surface area contributed by atoms with Crippen molar-refractivity contribution >= 4 is 5.69 Å². The summed E-state index contributed by atoms with van der Waals surface area (Å²) in [6.07, 6.45) is 0. The van der Waals surface area contributed by atoms with Crippen molar-refractivity contribution in [2.75, 3.05) is 11.9 Å². The summed E-state index contributed by atoms with van der Waals surface area (Å²) in [4.78, 5) is 2.17.